The van der Waals surface area contributed by atoms with Gasteiger partial charge in [-0.1, -0.05) is 58.3 Å². The molecule has 2 aliphatic rings. The Morgan fingerprint density at radius 2 is 1.29 bits per heavy atom. The fourth-order valence-corrected chi connectivity index (χ4v) is 5.05. The van der Waals surface area contributed by atoms with Crippen LogP contribution in [-0.2, 0) is 14.3 Å². The molecule has 2 rings (SSSR count). The summed E-state index contributed by atoms with van der Waals surface area (Å²) in [5.74, 6) is -0.607. The van der Waals surface area contributed by atoms with Gasteiger partial charge in [0, 0.05) is 23.9 Å². The number of ether oxygens (including phenoxy) is 2. The number of rotatable bonds is 11. The van der Waals surface area contributed by atoms with E-state index in [9.17, 15) is 5.11 Å². The fraction of sp³-hybridized carbons (Fsp3) is 1.00. The Morgan fingerprint density at radius 1 is 0.821 bits per heavy atom. The van der Waals surface area contributed by atoms with Crippen molar-refractivity contribution in [3.8, 4) is 0 Å². The third kappa shape index (κ3) is 6.94. The highest BCUT2D eigenvalue weighted by Crippen LogP contribution is 2.47. The van der Waals surface area contributed by atoms with Gasteiger partial charge in [-0.15, -0.1) is 0 Å². The SMILES string of the molecule is CCCCCCCCCCCON1C(C)(C)CC2(CC1(C)C)OCC(O)CO2. The molecule has 0 unspecified atom stereocenters. The summed E-state index contributed by atoms with van der Waals surface area (Å²) in [5.41, 5.74) is -0.382. The molecule has 0 aliphatic carbocycles. The zero-order chi connectivity index (χ0) is 20.7. The van der Waals surface area contributed by atoms with E-state index in [0.29, 0.717) is 13.2 Å². The van der Waals surface area contributed by atoms with E-state index < -0.39 is 11.9 Å². The molecule has 0 amide bonds. The maximum atomic E-state index is 9.71. The molecule has 0 aromatic rings. The quantitative estimate of drug-likeness (QED) is 0.484. The van der Waals surface area contributed by atoms with Crippen molar-refractivity contribution in [1.29, 1.82) is 0 Å². The molecule has 1 spiro atoms. The molecule has 2 saturated heterocycles. The van der Waals surface area contributed by atoms with E-state index in [0.717, 1.165) is 25.9 Å². The maximum absolute atomic E-state index is 9.71. The number of piperidine rings is 1. The van der Waals surface area contributed by atoms with Crippen LogP contribution in [0.1, 0.15) is 105 Å². The van der Waals surface area contributed by atoms with E-state index in [2.05, 4.69) is 39.7 Å². The number of aliphatic hydroxyl groups is 1. The van der Waals surface area contributed by atoms with Gasteiger partial charge in [0.1, 0.15) is 6.10 Å². The van der Waals surface area contributed by atoms with E-state index >= 15 is 0 Å². The molecule has 0 aromatic heterocycles. The molecular weight excluding hydrogens is 354 g/mol. The Hall–Kier alpha value is -0.200. The molecule has 0 aromatic carbocycles. The van der Waals surface area contributed by atoms with Gasteiger partial charge < -0.3 is 14.6 Å². The molecule has 0 bridgehead atoms. The van der Waals surface area contributed by atoms with Crippen molar-refractivity contribution in [2.75, 3.05) is 19.8 Å². The summed E-state index contributed by atoms with van der Waals surface area (Å²) in [6.45, 7) is 12.5. The fourth-order valence-electron chi connectivity index (χ4n) is 5.05. The van der Waals surface area contributed by atoms with E-state index in [1.807, 2.05) is 0 Å². The van der Waals surface area contributed by atoms with Crippen LogP contribution >= 0.6 is 0 Å². The molecular formula is C23H45NO4. The largest absolute Gasteiger partial charge is 0.388 e. The Bertz CT molecular complexity index is 424. The van der Waals surface area contributed by atoms with Gasteiger partial charge in [-0.05, 0) is 34.1 Å². The van der Waals surface area contributed by atoms with Gasteiger partial charge in [-0.3, -0.25) is 4.84 Å². The van der Waals surface area contributed by atoms with E-state index in [1.165, 1.54) is 51.4 Å². The Labute approximate surface area is 173 Å². The van der Waals surface area contributed by atoms with Crippen LogP contribution in [0.15, 0.2) is 0 Å². The molecule has 28 heavy (non-hydrogen) atoms. The van der Waals surface area contributed by atoms with Crippen LogP contribution < -0.4 is 0 Å². The lowest BCUT2D eigenvalue weighted by molar-refractivity contribution is -0.376. The summed E-state index contributed by atoms with van der Waals surface area (Å²) >= 11 is 0. The van der Waals surface area contributed by atoms with E-state index in [1.54, 1.807) is 0 Å². The van der Waals surface area contributed by atoms with Crippen LogP contribution in [0.2, 0.25) is 0 Å². The Kier molecular flexibility index (Phi) is 9.21. The first-order valence-corrected chi connectivity index (χ1v) is 11.6. The predicted octanol–water partition coefficient (Wildman–Crippen LogP) is 5.21. The van der Waals surface area contributed by atoms with E-state index in [4.69, 9.17) is 14.3 Å². The zero-order valence-electron chi connectivity index (χ0n) is 19.1. The van der Waals surface area contributed by atoms with Crippen molar-refractivity contribution >= 4 is 0 Å². The molecule has 2 heterocycles. The van der Waals surface area contributed by atoms with Crippen LogP contribution in [0.25, 0.3) is 0 Å². The number of hydrogen-bond donors (Lipinski definition) is 1. The number of hydroxylamine groups is 2. The lowest BCUT2D eigenvalue weighted by atomic mass is 9.77. The Balaban J connectivity index is 1.71. The lowest BCUT2D eigenvalue weighted by Gasteiger charge is -2.58. The molecule has 5 heteroatoms. The average Bonchev–Trinajstić information content (AvgIpc) is 2.60. The summed E-state index contributed by atoms with van der Waals surface area (Å²) < 4.78 is 12.0. The van der Waals surface area contributed by atoms with E-state index in [-0.39, 0.29) is 11.1 Å². The number of hydrogen-bond acceptors (Lipinski definition) is 5. The average molecular weight is 400 g/mol. The molecule has 1 N–H and O–H groups in total. The van der Waals surface area contributed by atoms with Gasteiger partial charge in [0.25, 0.3) is 0 Å². The second-order valence-corrected chi connectivity index (χ2v) is 10.1. The van der Waals surface area contributed by atoms with Gasteiger partial charge in [-0.25, -0.2) is 0 Å². The van der Waals surface area contributed by atoms with Crippen LogP contribution in [0.4, 0.5) is 0 Å². The highest BCUT2D eigenvalue weighted by molar-refractivity contribution is 5.02. The maximum Gasteiger partial charge on any atom is 0.172 e. The molecule has 0 saturated carbocycles. The molecule has 2 aliphatic heterocycles. The highest BCUT2D eigenvalue weighted by Gasteiger charge is 2.56. The minimum Gasteiger partial charge on any atom is -0.388 e. The van der Waals surface area contributed by atoms with Crippen LogP contribution in [0, 0.1) is 0 Å². The highest BCUT2D eigenvalue weighted by atomic mass is 16.7. The molecule has 5 nitrogen and oxygen atoms in total. The summed E-state index contributed by atoms with van der Waals surface area (Å²) in [4.78, 5) is 6.30. The zero-order valence-corrected chi connectivity index (χ0v) is 19.1. The summed E-state index contributed by atoms with van der Waals surface area (Å²) in [6.07, 6.45) is 12.9. The van der Waals surface area contributed by atoms with Gasteiger partial charge in [0.05, 0.1) is 19.8 Å². The predicted molar refractivity (Wildman–Crippen MR) is 113 cm³/mol. The van der Waals surface area contributed by atoms with Crippen LogP contribution in [-0.4, -0.2) is 53.0 Å². The smallest absolute Gasteiger partial charge is 0.172 e. The minimum absolute atomic E-state index is 0.191. The van der Waals surface area contributed by atoms with Crippen LogP contribution in [0.5, 0.6) is 0 Å². The molecule has 166 valence electrons. The monoisotopic (exact) mass is 399 g/mol. The lowest BCUT2D eigenvalue weighted by Crippen LogP contribution is -2.67. The second kappa shape index (κ2) is 10.7. The van der Waals surface area contributed by atoms with Gasteiger partial charge in [0.15, 0.2) is 5.79 Å². The Morgan fingerprint density at radius 3 is 1.79 bits per heavy atom. The first-order chi connectivity index (χ1) is 13.2. The first-order valence-electron chi connectivity index (χ1n) is 11.6. The second-order valence-electron chi connectivity index (χ2n) is 10.1. The van der Waals surface area contributed by atoms with Crippen molar-refractivity contribution in [2.24, 2.45) is 0 Å². The topological polar surface area (TPSA) is 51.2 Å². The standard InChI is InChI=1S/C23H45NO4/c1-6-7-8-9-10-11-12-13-14-15-28-24-21(2,3)18-23(19-22(24,4)5)26-16-20(25)17-27-23/h20,25H,6-19H2,1-5H3. The number of nitrogens with zero attached hydrogens (tertiary/aromatic N) is 1. The van der Waals surface area contributed by atoms with Gasteiger partial charge >= 0.3 is 0 Å². The summed E-state index contributed by atoms with van der Waals surface area (Å²) in [7, 11) is 0. The minimum atomic E-state index is -0.607. The summed E-state index contributed by atoms with van der Waals surface area (Å²) in [5, 5.41) is 11.9. The van der Waals surface area contributed by atoms with Crippen molar-refractivity contribution in [3.05, 3.63) is 0 Å². The normalized spacial score (nSPS) is 24.6. The number of unbranched alkanes of at least 4 members (excludes halogenated alkanes) is 8. The van der Waals surface area contributed by atoms with Crippen molar-refractivity contribution < 1.29 is 19.4 Å². The third-order valence-corrected chi connectivity index (χ3v) is 6.05. The molecule has 2 fully saturated rings. The van der Waals surface area contributed by atoms with Crippen molar-refractivity contribution in [2.45, 2.75) is 128 Å². The first kappa shape index (κ1) is 24.1. The van der Waals surface area contributed by atoms with Gasteiger partial charge in [0.2, 0.25) is 0 Å². The van der Waals surface area contributed by atoms with Crippen LogP contribution in [0.3, 0.4) is 0 Å². The number of aliphatic hydroxyl groups excluding tert-OH is 1. The molecule has 0 atom stereocenters. The molecule has 0 radical (unpaired) electrons. The van der Waals surface area contributed by atoms with Crippen molar-refractivity contribution in [1.82, 2.24) is 5.06 Å². The summed E-state index contributed by atoms with van der Waals surface area (Å²) in [6, 6.07) is 0. The third-order valence-electron chi connectivity index (χ3n) is 6.05. The van der Waals surface area contributed by atoms with Gasteiger partial charge in [-0.2, -0.15) is 5.06 Å². The van der Waals surface area contributed by atoms with Crippen molar-refractivity contribution in [3.63, 3.8) is 0 Å².